The number of amides is 2. The lowest BCUT2D eigenvalue weighted by Crippen LogP contribution is -2.51. The van der Waals surface area contributed by atoms with E-state index in [4.69, 9.17) is 9.84 Å². The number of anilines is 2. The number of nitrogens with zero attached hydrogens (tertiary/aromatic N) is 1. The first-order chi connectivity index (χ1) is 22.7. The number of para-hydroxylation sites is 1. The van der Waals surface area contributed by atoms with Crippen LogP contribution < -0.4 is 25.6 Å². The first-order valence-corrected chi connectivity index (χ1v) is 16.9. The molecule has 9 heteroatoms. The van der Waals surface area contributed by atoms with E-state index in [0.717, 1.165) is 67.6 Å². The molecule has 0 aliphatic heterocycles. The number of benzene rings is 3. The van der Waals surface area contributed by atoms with Crippen molar-refractivity contribution >= 4 is 23.2 Å². The quantitative estimate of drug-likeness (QED) is 0.0924. The number of aromatic hydroxyl groups is 1. The number of hydrogen-bond donors (Lipinski definition) is 5. The number of rotatable bonds is 20. The number of nitrogens with one attached hydrogen (secondary N) is 3. The molecule has 256 valence electrons. The molecule has 0 heterocycles. The smallest absolute Gasteiger partial charge is 0.258 e. The van der Waals surface area contributed by atoms with Crippen LogP contribution in [0.3, 0.4) is 0 Å². The van der Waals surface area contributed by atoms with Crippen molar-refractivity contribution in [3.63, 3.8) is 0 Å². The summed E-state index contributed by atoms with van der Waals surface area (Å²) in [7, 11) is 2.08. The van der Waals surface area contributed by atoms with Gasteiger partial charge in [0.2, 0.25) is 5.91 Å². The van der Waals surface area contributed by atoms with Gasteiger partial charge in [-0.05, 0) is 93.2 Å². The van der Waals surface area contributed by atoms with Crippen LogP contribution in [0.15, 0.2) is 66.7 Å². The zero-order valence-corrected chi connectivity index (χ0v) is 28.8. The lowest BCUT2D eigenvalue weighted by atomic mass is 9.86. The highest BCUT2D eigenvalue weighted by Gasteiger charge is 2.31. The molecule has 0 aromatic heterocycles. The minimum Gasteiger partial charge on any atom is -0.508 e. The Bertz CT molecular complexity index is 1390. The maximum Gasteiger partial charge on any atom is 0.258 e. The van der Waals surface area contributed by atoms with Crippen LogP contribution in [0.1, 0.15) is 81.5 Å². The van der Waals surface area contributed by atoms with Gasteiger partial charge in [-0.15, -0.1) is 0 Å². The summed E-state index contributed by atoms with van der Waals surface area (Å²) >= 11 is 0. The molecule has 3 aromatic carbocycles. The predicted molar refractivity (Wildman–Crippen MR) is 189 cm³/mol. The Morgan fingerprint density at radius 3 is 2.17 bits per heavy atom. The zero-order chi connectivity index (χ0) is 34.2. The van der Waals surface area contributed by atoms with E-state index < -0.39 is 17.9 Å². The average molecular weight is 647 g/mol. The monoisotopic (exact) mass is 646 g/mol. The highest BCUT2D eigenvalue weighted by Crippen LogP contribution is 2.36. The topological polar surface area (TPSA) is 123 Å². The van der Waals surface area contributed by atoms with Crippen LogP contribution in [0.4, 0.5) is 11.4 Å². The van der Waals surface area contributed by atoms with Crippen LogP contribution in [0.5, 0.6) is 11.5 Å². The fourth-order valence-corrected chi connectivity index (χ4v) is 5.80. The van der Waals surface area contributed by atoms with Gasteiger partial charge in [0.05, 0.1) is 0 Å². The van der Waals surface area contributed by atoms with Crippen LogP contribution in [-0.4, -0.2) is 60.9 Å². The first-order valence-electron chi connectivity index (χ1n) is 16.9. The highest BCUT2D eigenvalue weighted by atomic mass is 16.5. The van der Waals surface area contributed by atoms with E-state index in [1.165, 1.54) is 12.1 Å². The van der Waals surface area contributed by atoms with E-state index in [9.17, 15) is 14.7 Å². The molecule has 0 aliphatic rings. The SMILES string of the molecule is CCCCC(CCCC)(CN(c1ccccc1)c1cc(C)c(OCC(=O)NC(C(=O)NCCCO)c2ccc(O)cc2)cc1C)NC. The van der Waals surface area contributed by atoms with Crippen molar-refractivity contribution in [2.24, 2.45) is 0 Å². The Kier molecular flexibility index (Phi) is 15.0. The number of phenolic OH excluding ortho intramolecular Hbond substituents is 1. The Morgan fingerprint density at radius 2 is 1.57 bits per heavy atom. The number of aryl methyl sites for hydroxylation is 2. The summed E-state index contributed by atoms with van der Waals surface area (Å²) < 4.78 is 6.03. The van der Waals surface area contributed by atoms with Crippen molar-refractivity contribution < 1.29 is 24.5 Å². The van der Waals surface area contributed by atoms with Crippen LogP contribution in [-0.2, 0) is 9.59 Å². The number of phenols is 1. The molecule has 0 saturated heterocycles. The van der Waals surface area contributed by atoms with Crippen LogP contribution in [0, 0.1) is 13.8 Å². The third-order valence-corrected chi connectivity index (χ3v) is 8.65. The second-order valence-electron chi connectivity index (χ2n) is 12.3. The van der Waals surface area contributed by atoms with E-state index >= 15 is 0 Å². The number of hydrogen-bond acceptors (Lipinski definition) is 7. The third kappa shape index (κ3) is 11.0. The highest BCUT2D eigenvalue weighted by molar-refractivity contribution is 5.89. The fourth-order valence-electron chi connectivity index (χ4n) is 5.80. The van der Waals surface area contributed by atoms with E-state index in [0.29, 0.717) is 17.7 Å². The number of ether oxygens (including phenoxy) is 1. The van der Waals surface area contributed by atoms with Crippen LogP contribution >= 0.6 is 0 Å². The van der Waals surface area contributed by atoms with Crippen LogP contribution in [0.25, 0.3) is 0 Å². The lowest BCUT2D eigenvalue weighted by molar-refractivity contribution is -0.130. The number of carbonyl (C=O) groups excluding carboxylic acids is 2. The van der Waals surface area contributed by atoms with Crippen molar-refractivity contribution in [3.05, 3.63) is 83.4 Å². The van der Waals surface area contributed by atoms with Crippen molar-refractivity contribution in [2.75, 3.05) is 38.3 Å². The van der Waals surface area contributed by atoms with Crippen LogP contribution in [0.2, 0.25) is 0 Å². The van der Waals surface area contributed by atoms with Crippen molar-refractivity contribution in [1.29, 1.82) is 0 Å². The van der Waals surface area contributed by atoms with Gasteiger partial charge >= 0.3 is 0 Å². The summed E-state index contributed by atoms with van der Waals surface area (Å²) in [5, 5.41) is 28.0. The molecule has 0 spiro atoms. The fraction of sp³-hybridized carbons (Fsp3) is 0.474. The number of aliphatic hydroxyl groups excluding tert-OH is 1. The van der Waals surface area contributed by atoms with Gasteiger partial charge in [0.15, 0.2) is 6.61 Å². The Labute approximate surface area is 280 Å². The van der Waals surface area contributed by atoms with Gasteiger partial charge in [0.25, 0.3) is 5.91 Å². The molecule has 3 aromatic rings. The molecule has 3 rings (SSSR count). The Morgan fingerprint density at radius 1 is 0.915 bits per heavy atom. The molecular formula is C38H54N4O5. The maximum atomic E-state index is 13.1. The van der Waals surface area contributed by atoms with Gasteiger partial charge in [0.1, 0.15) is 17.5 Å². The summed E-state index contributed by atoms with van der Waals surface area (Å²) in [6.45, 7) is 9.27. The Hall–Kier alpha value is -4.08. The van der Waals surface area contributed by atoms with Gasteiger partial charge in [-0.2, -0.15) is 0 Å². The molecule has 1 unspecified atom stereocenters. The van der Waals surface area contributed by atoms with E-state index in [2.05, 4.69) is 79.0 Å². The largest absolute Gasteiger partial charge is 0.508 e. The molecule has 0 radical (unpaired) electrons. The molecular weight excluding hydrogens is 592 g/mol. The standard InChI is InChI=1S/C38H54N4O5/c1-6-8-20-38(39-5,21-9-7-2)27-42(31-14-11-10-12-15-31)33-24-29(4)34(25-28(33)3)47-26-35(45)41-36(37(46)40-22-13-23-43)30-16-18-32(44)19-17-30/h10-12,14-19,24-25,36,39,43-44H,6-9,13,20-23,26-27H2,1-5H3,(H,40,46)(H,41,45). The molecule has 5 N–H and O–H groups in total. The van der Waals surface area contributed by atoms with Crippen molar-refractivity contribution in [3.8, 4) is 11.5 Å². The molecule has 47 heavy (non-hydrogen) atoms. The second kappa shape index (κ2) is 18.9. The van der Waals surface area contributed by atoms with Gasteiger partial charge in [-0.25, -0.2) is 0 Å². The molecule has 0 bridgehead atoms. The lowest BCUT2D eigenvalue weighted by Gasteiger charge is -2.40. The second-order valence-corrected chi connectivity index (χ2v) is 12.3. The van der Waals surface area contributed by atoms with Gasteiger partial charge in [-0.1, -0.05) is 69.9 Å². The third-order valence-electron chi connectivity index (χ3n) is 8.65. The zero-order valence-electron chi connectivity index (χ0n) is 28.8. The van der Waals surface area contributed by atoms with Gasteiger partial charge in [0, 0.05) is 36.6 Å². The van der Waals surface area contributed by atoms with E-state index in [1.54, 1.807) is 12.1 Å². The minimum atomic E-state index is -0.983. The predicted octanol–water partition coefficient (Wildman–Crippen LogP) is 6.22. The number of aliphatic hydroxyl groups is 1. The summed E-state index contributed by atoms with van der Waals surface area (Å²) in [6.07, 6.45) is 7.15. The molecule has 0 fully saturated rings. The normalized spacial score (nSPS) is 12.0. The van der Waals surface area contributed by atoms with Gasteiger partial charge in [-0.3, -0.25) is 9.59 Å². The minimum absolute atomic E-state index is 0.0477. The number of likely N-dealkylation sites (N-methyl/N-ethyl adjacent to an activating group) is 1. The first kappa shape index (κ1) is 37.4. The molecule has 0 saturated carbocycles. The van der Waals surface area contributed by atoms with E-state index in [1.807, 2.05) is 19.1 Å². The number of unbranched alkanes of at least 4 members (excludes halogenated alkanes) is 2. The average Bonchev–Trinajstić information content (AvgIpc) is 3.08. The number of carbonyl (C=O) groups is 2. The summed E-state index contributed by atoms with van der Waals surface area (Å²) in [4.78, 5) is 28.4. The molecule has 1 atom stereocenters. The molecule has 9 nitrogen and oxygen atoms in total. The Balaban J connectivity index is 1.83. The van der Waals surface area contributed by atoms with Gasteiger partial charge < -0.3 is 35.8 Å². The molecule has 0 aliphatic carbocycles. The van der Waals surface area contributed by atoms with E-state index in [-0.39, 0.29) is 31.0 Å². The maximum absolute atomic E-state index is 13.1. The summed E-state index contributed by atoms with van der Waals surface area (Å²) in [6, 6.07) is 19.7. The van der Waals surface area contributed by atoms with Crippen molar-refractivity contribution in [1.82, 2.24) is 16.0 Å². The summed E-state index contributed by atoms with van der Waals surface area (Å²) in [5.74, 6) is -0.218. The summed E-state index contributed by atoms with van der Waals surface area (Å²) in [5.41, 5.74) is 4.60. The van der Waals surface area contributed by atoms with Crippen molar-refractivity contribution in [2.45, 2.75) is 84.2 Å². The molecule has 2 amide bonds.